The van der Waals surface area contributed by atoms with Gasteiger partial charge in [0.1, 0.15) is 5.82 Å². The highest BCUT2D eigenvalue weighted by Crippen LogP contribution is 2.51. The van der Waals surface area contributed by atoms with Gasteiger partial charge in [-0.25, -0.2) is 4.98 Å². The summed E-state index contributed by atoms with van der Waals surface area (Å²) in [7, 11) is 0. The Morgan fingerprint density at radius 1 is 0.575 bits per heavy atom. The normalized spacial score (nSPS) is 13.4. The lowest BCUT2D eigenvalue weighted by Crippen LogP contribution is -2.14. The Labute approximate surface area is 234 Å². The first kappa shape index (κ1) is 23.0. The molecule has 8 rings (SSSR count). The molecule has 0 saturated heterocycles. The lowest BCUT2D eigenvalue weighted by atomic mass is 9.82. The Hall–Kier alpha value is -4.95. The van der Waals surface area contributed by atoms with Crippen LogP contribution in [0.3, 0.4) is 0 Å². The maximum atomic E-state index is 5.22. The fourth-order valence-electron chi connectivity index (χ4n) is 6.63. The van der Waals surface area contributed by atoms with Gasteiger partial charge in [-0.05, 0) is 57.0 Å². The van der Waals surface area contributed by atoms with E-state index in [1.54, 1.807) is 0 Å². The molecule has 0 spiro atoms. The molecule has 0 fully saturated rings. The van der Waals surface area contributed by atoms with Crippen LogP contribution in [-0.4, -0.2) is 9.55 Å². The van der Waals surface area contributed by atoms with Crippen molar-refractivity contribution in [1.82, 2.24) is 9.55 Å². The molecule has 2 heterocycles. The predicted octanol–water partition coefficient (Wildman–Crippen LogP) is 9.82. The fourth-order valence-corrected chi connectivity index (χ4v) is 6.63. The zero-order valence-corrected chi connectivity index (χ0v) is 22.6. The van der Waals surface area contributed by atoms with Crippen LogP contribution in [0.5, 0.6) is 0 Å². The van der Waals surface area contributed by atoms with E-state index in [1.165, 1.54) is 49.5 Å². The van der Waals surface area contributed by atoms with E-state index in [0.29, 0.717) is 0 Å². The zero-order valence-electron chi connectivity index (χ0n) is 22.6. The van der Waals surface area contributed by atoms with Crippen molar-refractivity contribution < 1.29 is 0 Å². The van der Waals surface area contributed by atoms with Crippen molar-refractivity contribution >= 4 is 21.7 Å². The number of aromatic nitrogens is 2. The summed E-state index contributed by atoms with van der Waals surface area (Å²) < 4.78 is 2.27. The molecule has 1 aliphatic rings. The van der Waals surface area contributed by atoms with Gasteiger partial charge in [-0.2, -0.15) is 0 Å². The van der Waals surface area contributed by atoms with E-state index in [4.69, 9.17) is 4.98 Å². The van der Waals surface area contributed by atoms with Crippen LogP contribution in [0.25, 0.3) is 61.0 Å². The van der Waals surface area contributed by atoms with E-state index in [1.807, 2.05) is 0 Å². The quantitative estimate of drug-likeness (QED) is 0.230. The number of benzene rings is 5. The molecule has 0 bridgehead atoms. The minimum absolute atomic E-state index is 0.0206. The highest BCUT2D eigenvalue weighted by atomic mass is 15.1. The van der Waals surface area contributed by atoms with Crippen molar-refractivity contribution in [3.8, 4) is 39.3 Å². The fraction of sp³-hybridized carbons (Fsp3) is 0.0789. The number of fused-ring (bicyclic) bond motifs is 7. The van der Waals surface area contributed by atoms with Gasteiger partial charge in [0.2, 0.25) is 0 Å². The summed E-state index contributed by atoms with van der Waals surface area (Å²) in [5.74, 6) is 0.920. The van der Waals surface area contributed by atoms with Gasteiger partial charge in [0.25, 0.3) is 0 Å². The molecule has 0 N–H and O–H groups in total. The van der Waals surface area contributed by atoms with Crippen molar-refractivity contribution in [1.29, 1.82) is 0 Å². The van der Waals surface area contributed by atoms with Crippen LogP contribution in [0.15, 0.2) is 134 Å². The second-order valence-corrected chi connectivity index (χ2v) is 11.3. The maximum Gasteiger partial charge on any atom is 0.138 e. The predicted molar refractivity (Wildman–Crippen MR) is 167 cm³/mol. The van der Waals surface area contributed by atoms with Crippen LogP contribution in [0.4, 0.5) is 0 Å². The molecule has 0 atom stereocenters. The van der Waals surface area contributed by atoms with E-state index >= 15 is 0 Å². The third-order valence-corrected chi connectivity index (χ3v) is 8.63. The summed E-state index contributed by atoms with van der Waals surface area (Å²) in [6, 6.07) is 45.8. The van der Waals surface area contributed by atoms with Crippen molar-refractivity contribution in [3.63, 3.8) is 0 Å². The minimum atomic E-state index is -0.0206. The van der Waals surface area contributed by atoms with Gasteiger partial charge in [0.05, 0.1) is 11.2 Å². The third kappa shape index (κ3) is 3.32. The van der Waals surface area contributed by atoms with Crippen molar-refractivity contribution in [2.45, 2.75) is 19.3 Å². The number of hydrogen-bond acceptors (Lipinski definition) is 1. The first-order valence-electron chi connectivity index (χ1n) is 13.9. The number of nitrogens with zero attached hydrogens (tertiary/aromatic N) is 2. The Balaban J connectivity index is 1.41. The number of pyridine rings is 1. The third-order valence-electron chi connectivity index (χ3n) is 8.63. The van der Waals surface area contributed by atoms with E-state index in [-0.39, 0.29) is 5.41 Å². The Bertz CT molecular complexity index is 2010. The second kappa shape index (κ2) is 8.53. The standard InChI is InChI=1S/C38H28N2/c1-38(2)32-16-10-9-15-31(32)36-29-18-17-27-21-22-40(37(27)30(29)19-20-33(36)38)35-24-28(25-11-5-3-6-12-25)23-34(39-35)26-13-7-4-8-14-26/h3-24H,1-2H3. The van der Waals surface area contributed by atoms with Crippen molar-refractivity contribution in [2.75, 3.05) is 0 Å². The first-order valence-corrected chi connectivity index (χ1v) is 13.9. The van der Waals surface area contributed by atoms with E-state index in [9.17, 15) is 0 Å². The van der Waals surface area contributed by atoms with E-state index < -0.39 is 0 Å². The van der Waals surface area contributed by atoms with E-state index in [0.717, 1.165) is 22.6 Å². The average molecular weight is 513 g/mol. The Morgan fingerprint density at radius 2 is 1.27 bits per heavy atom. The molecule has 190 valence electrons. The zero-order chi connectivity index (χ0) is 26.8. The summed E-state index contributed by atoms with van der Waals surface area (Å²) in [5, 5.41) is 3.76. The van der Waals surface area contributed by atoms with Crippen LogP contribution >= 0.6 is 0 Å². The number of hydrogen-bond donors (Lipinski definition) is 0. The molecular formula is C38H28N2. The SMILES string of the molecule is CC1(C)c2ccccc2-c2c1ccc1c2ccc2ccn(-c3cc(-c4ccccc4)cc(-c4ccccc4)n3)c21. The molecule has 0 aliphatic heterocycles. The van der Waals surface area contributed by atoms with Crippen LogP contribution in [0.2, 0.25) is 0 Å². The van der Waals surface area contributed by atoms with Gasteiger partial charge in [0, 0.05) is 27.9 Å². The van der Waals surface area contributed by atoms with Crippen LogP contribution in [0, 0.1) is 0 Å². The van der Waals surface area contributed by atoms with Crippen LogP contribution < -0.4 is 0 Å². The Kier molecular flexibility index (Phi) is 4.90. The van der Waals surface area contributed by atoms with Gasteiger partial charge in [-0.15, -0.1) is 0 Å². The molecule has 2 aromatic heterocycles. The first-order chi connectivity index (χ1) is 19.6. The summed E-state index contributed by atoms with van der Waals surface area (Å²) in [4.78, 5) is 5.22. The van der Waals surface area contributed by atoms with Gasteiger partial charge >= 0.3 is 0 Å². The summed E-state index contributed by atoms with van der Waals surface area (Å²) in [5.41, 5.74) is 11.1. The molecule has 2 nitrogen and oxygen atoms in total. The molecule has 0 amide bonds. The molecule has 0 saturated carbocycles. The molecule has 0 radical (unpaired) electrons. The molecule has 7 aromatic rings. The smallest absolute Gasteiger partial charge is 0.138 e. The lowest BCUT2D eigenvalue weighted by molar-refractivity contribution is 0.661. The van der Waals surface area contributed by atoms with Crippen molar-refractivity contribution in [3.05, 3.63) is 145 Å². The van der Waals surface area contributed by atoms with Crippen LogP contribution in [-0.2, 0) is 5.41 Å². The summed E-state index contributed by atoms with van der Waals surface area (Å²) in [6.07, 6.45) is 2.17. The van der Waals surface area contributed by atoms with Gasteiger partial charge in [0.15, 0.2) is 0 Å². The van der Waals surface area contributed by atoms with Crippen molar-refractivity contribution in [2.24, 2.45) is 0 Å². The molecule has 2 heteroatoms. The lowest BCUT2D eigenvalue weighted by Gasteiger charge is -2.21. The molecule has 40 heavy (non-hydrogen) atoms. The Morgan fingerprint density at radius 3 is 2.08 bits per heavy atom. The maximum absolute atomic E-state index is 5.22. The monoisotopic (exact) mass is 512 g/mol. The average Bonchev–Trinajstić information content (AvgIpc) is 3.55. The van der Waals surface area contributed by atoms with Crippen LogP contribution in [0.1, 0.15) is 25.0 Å². The topological polar surface area (TPSA) is 17.8 Å². The summed E-state index contributed by atoms with van der Waals surface area (Å²) >= 11 is 0. The molecule has 0 unspecified atom stereocenters. The van der Waals surface area contributed by atoms with E-state index in [2.05, 4.69) is 152 Å². The largest absolute Gasteiger partial charge is 0.301 e. The minimum Gasteiger partial charge on any atom is -0.301 e. The van der Waals surface area contributed by atoms with Gasteiger partial charge in [-0.3, -0.25) is 0 Å². The highest BCUT2D eigenvalue weighted by molar-refractivity contribution is 6.13. The van der Waals surface area contributed by atoms with Gasteiger partial charge < -0.3 is 4.57 Å². The van der Waals surface area contributed by atoms with Gasteiger partial charge in [-0.1, -0.05) is 123 Å². The second-order valence-electron chi connectivity index (χ2n) is 11.3. The molecule has 5 aromatic carbocycles. The highest BCUT2D eigenvalue weighted by Gasteiger charge is 2.36. The molecular weight excluding hydrogens is 484 g/mol. The summed E-state index contributed by atoms with van der Waals surface area (Å²) in [6.45, 7) is 4.68. The number of rotatable bonds is 3. The molecule has 1 aliphatic carbocycles.